The fourth-order valence-corrected chi connectivity index (χ4v) is 4.65. The van der Waals surface area contributed by atoms with Crippen molar-refractivity contribution in [3.63, 3.8) is 0 Å². The van der Waals surface area contributed by atoms with Crippen LogP contribution in [0.1, 0.15) is 22.8 Å². The van der Waals surface area contributed by atoms with E-state index in [1.54, 1.807) is 7.11 Å². The Labute approximate surface area is 130 Å². The first kappa shape index (κ1) is 12.6. The Morgan fingerprint density at radius 2 is 1.82 bits per heavy atom. The van der Waals surface area contributed by atoms with Gasteiger partial charge in [0, 0.05) is 18.9 Å². The van der Waals surface area contributed by atoms with Crippen LogP contribution < -0.4 is 0 Å². The van der Waals surface area contributed by atoms with Crippen LogP contribution in [0.2, 0.25) is 0 Å². The summed E-state index contributed by atoms with van der Waals surface area (Å²) in [6, 6.07) is 19.3. The number of fused-ring (bicyclic) bond motifs is 8. The van der Waals surface area contributed by atoms with Gasteiger partial charge in [0.05, 0.1) is 12.7 Å². The minimum Gasteiger partial charge on any atom is -0.381 e. The molecule has 5 rings (SSSR count). The molecule has 0 amide bonds. The summed E-state index contributed by atoms with van der Waals surface area (Å²) in [5.41, 5.74) is 5.10. The van der Waals surface area contributed by atoms with Crippen molar-refractivity contribution in [3.8, 4) is 0 Å². The lowest BCUT2D eigenvalue weighted by Crippen LogP contribution is -2.43. The monoisotopic (exact) mass is 290 g/mol. The standard InChI is InChI=1S/C20H18O2/c1-21-12-20-17-10-6-5-9-14(17)19(22-20)16-11-15(18(16)20)13-7-3-2-4-8-13/h2-11,16,18-19H,12H2,1H3. The van der Waals surface area contributed by atoms with Gasteiger partial charge in [-0.05, 0) is 22.3 Å². The molecule has 2 heteroatoms. The second-order valence-electron chi connectivity index (χ2n) is 6.49. The lowest BCUT2D eigenvalue weighted by atomic mass is 9.58. The summed E-state index contributed by atoms with van der Waals surface area (Å²) >= 11 is 0. The highest BCUT2D eigenvalue weighted by Gasteiger charge is 2.65. The second-order valence-corrected chi connectivity index (χ2v) is 6.49. The zero-order valence-corrected chi connectivity index (χ0v) is 12.5. The fourth-order valence-electron chi connectivity index (χ4n) is 4.65. The molecule has 2 nitrogen and oxygen atoms in total. The highest BCUT2D eigenvalue weighted by molar-refractivity contribution is 5.77. The average Bonchev–Trinajstić information content (AvgIpc) is 2.95. The maximum atomic E-state index is 6.53. The Balaban J connectivity index is 1.65. The molecule has 0 saturated carbocycles. The molecule has 1 fully saturated rings. The third kappa shape index (κ3) is 1.37. The van der Waals surface area contributed by atoms with Crippen LogP contribution in [0.4, 0.5) is 0 Å². The number of rotatable bonds is 3. The maximum Gasteiger partial charge on any atom is 0.125 e. The van der Waals surface area contributed by atoms with Gasteiger partial charge in [-0.2, -0.15) is 0 Å². The number of methoxy groups -OCH3 is 1. The lowest BCUT2D eigenvalue weighted by molar-refractivity contribution is -0.0786. The predicted octanol–water partition coefficient (Wildman–Crippen LogP) is 3.94. The Kier molecular flexibility index (Phi) is 2.47. The van der Waals surface area contributed by atoms with Gasteiger partial charge in [-0.25, -0.2) is 0 Å². The molecule has 22 heavy (non-hydrogen) atoms. The minimum atomic E-state index is -0.305. The van der Waals surface area contributed by atoms with Crippen molar-refractivity contribution >= 4 is 5.57 Å². The zero-order valence-electron chi connectivity index (χ0n) is 12.5. The molecule has 4 atom stereocenters. The van der Waals surface area contributed by atoms with Crippen LogP contribution in [-0.2, 0) is 15.1 Å². The summed E-state index contributed by atoms with van der Waals surface area (Å²) in [7, 11) is 1.77. The van der Waals surface area contributed by atoms with Gasteiger partial charge in [0.15, 0.2) is 0 Å². The van der Waals surface area contributed by atoms with Crippen molar-refractivity contribution in [3.05, 3.63) is 77.4 Å². The van der Waals surface area contributed by atoms with Gasteiger partial charge >= 0.3 is 0 Å². The summed E-state index contributed by atoms with van der Waals surface area (Å²) in [5.74, 6) is 0.898. The van der Waals surface area contributed by atoms with Crippen LogP contribution in [0, 0.1) is 11.8 Å². The van der Waals surface area contributed by atoms with E-state index in [-0.39, 0.29) is 11.7 Å². The molecule has 0 radical (unpaired) electrons. The van der Waals surface area contributed by atoms with Crippen LogP contribution in [-0.4, -0.2) is 13.7 Å². The Hall–Kier alpha value is -1.90. The van der Waals surface area contributed by atoms with Crippen LogP contribution in [0.5, 0.6) is 0 Å². The van der Waals surface area contributed by atoms with E-state index in [9.17, 15) is 0 Å². The van der Waals surface area contributed by atoms with Crippen LogP contribution >= 0.6 is 0 Å². The molecule has 1 saturated heterocycles. The van der Waals surface area contributed by atoms with Crippen molar-refractivity contribution in [2.24, 2.45) is 11.8 Å². The maximum absolute atomic E-state index is 6.53. The van der Waals surface area contributed by atoms with Crippen molar-refractivity contribution < 1.29 is 9.47 Å². The normalized spacial score (nSPS) is 33.9. The molecular formula is C20H18O2. The first-order valence-electron chi connectivity index (χ1n) is 7.88. The van der Waals surface area contributed by atoms with Crippen molar-refractivity contribution in [1.29, 1.82) is 0 Å². The van der Waals surface area contributed by atoms with Crippen molar-refractivity contribution in [2.45, 2.75) is 11.7 Å². The summed E-state index contributed by atoms with van der Waals surface area (Å²) in [6.07, 6.45) is 2.60. The number of hydrogen-bond acceptors (Lipinski definition) is 2. The first-order valence-corrected chi connectivity index (χ1v) is 7.88. The van der Waals surface area contributed by atoms with Crippen LogP contribution in [0.15, 0.2) is 60.7 Å². The summed E-state index contributed by atoms with van der Waals surface area (Å²) in [5, 5.41) is 0. The first-order chi connectivity index (χ1) is 10.8. The molecule has 110 valence electrons. The third-order valence-corrected chi connectivity index (χ3v) is 5.47. The quantitative estimate of drug-likeness (QED) is 0.852. The van der Waals surface area contributed by atoms with Gasteiger partial charge in [0.2, 0.25) is 0 Å². The van der Waals surface area contributed by atoms with Gasteiger partial charge in [0.25, 0.3) is 0 Å². The Bertz CT molecular complexity index is 764. The van der Waals surface area contributed by atoms with Crippen LogP contribution in [0.3, 0.4) is 0 Å². The summed E-state index contributed by atoms with van der Waals surface area (Å²) in [4.78, 5) is 0. The van der Waals surface area contributed by atoms with E-state index in [1.807, 2.05) is 0 Å². The van der Waals surface area contributed by atoms with E-state index in [0.717, 1.165) is 0 Å². The van der Waals surface area contributed by atoms with E-state index >= 15 is 0 Å². The van der Waals surface area contributed by atoms with E-state index in [0.29, 0.717) is 18.4 Å². The molecule has 2 bridgehead atoms. The minimum absolute atomic E-state index is 0.198. The third-order valence-electron chi connectivity index (χ3n) is 5.47. The highest BCUT2D eigenvalue weighted by Crippen LogP contribution is 2.68. The molecule has 0 N–H and O–H groups in total. The zero-order chi connectivity index (χ0) is 14.7. The second kappa shape index (κ2) is 4.31. The number of ether oxygens (including phenoxy) is 2. The molecule has 2 aromatic carbocycles. The van der Waals surface area contributed by atoms with E-state index in [1.165, 1.54) is 22.3 Å². The smallest absolute Gasteiger partial charge is 0.125 e. The largest absolute Gasteiger partial charge is 0.381 e. The van der Waals surface area contributed by atoms with Gasteiger partial charge in [-0.1, -0.05) is 60.7 Å². The van der Waals surface area contributed by atoms with Crippen LogP contribution in [0.25, 0.3) is 5.57 Å². The molecular weight excluding hydrogens is 272 g/mol. The van der Waals surface area contributed by atoms with E-state index < -0.39 is 0 Å². The Morgan fingerprint density at radius 1 is 1.05 bits per heavy atom. The number of benzene rings is 2. The highest BCUT2D eigenvalue weighted by atomic mass is 16.6. The fraction of sp³-hybridized carbons (Fsp3) is 0.300. The summed E-state index contributed by atoms with van der Waals surface area (Å²) < 4.78 is 12.1. The predicted molar refractivity (Wildman–Crippen MR) is 85.2 cm³/mol. The van der Waals surface area contributed by atoms with Gasteiger partial charge in [-0.3, -0.25) is 0 Å². The van der Waals surface area contributed by atoms with Gasteiger partial charge < -0.3 is 9.47 Å². The molecule has 2 heterocycles. The summed E-state index contributed by atoms with van der Waals surface area (Å²) in [6.45, 7) is 0.617. The molecule has 2 aliphatic heterocycles. The van der Waals surface area contributed by atoms with Crippen molar-refractivity contribution in [2.75, 3.05) is 13.7 Å². The SMILES string of the molecule is COCC12OC(c3ccccc31)C1C=C(c3ccccc3)C12. The molecule has 3 aliphatic rings. The van der Waals surface area contributed by atoms with E-state index in [4.69, 9.17) is 9.47 Å². The van der Waals surface area contributed by atoms with Gasteiger partial charge in [0.1, 0.15) is 5.60 Å². The molecule has 0 aromatic heterocycles. The lowest BCUT2D eigenvalue weighted by Gasteiger charge is -2.43. The number of hydrogen-bond donors (Lipinski definition) is 0. The molecule has 2 aromatic rings. The van der Waals surface area contributed by atoms with Crippen molar-refractivity contribution in [1.82, 2.24) is 0 Å². The topological polar surface area (TPSA) is 18.5 Å². The molecule has 0 spiro atoms. The molecule has 4 unspecified atom stereocenters. The average molecular weight is 290 g/mol. The molecule has 1 aliphatic carbocycles. The van der Waals surface area contributed by atoms with Gasteiger partial charge in [-0.15, -0.1) is 0 Å². The van der Waals surface area contributed by atoms with E-state index in [2.05, 4.69) is 60.7 Å². The Morgan fingerprint density at radius 3 is 2.64 bits per heavy atom.